The van der Waals surface area contributed by atoms with Crippen LogP contribution in [-0.2, 0) is 21.3 Å². The number of carbonyl (C=O) groups excluding carboxylic acids is 1. The molecule has 2 heterocycles. The van der Waals surface area contributed by atoms with E-state index in [9.17, 15) is 4.79 Å². The summed E-state index contributed by atoms with van der Waals surface area (Å²) in [4.78, 5) is 14.2. The number of amides is 1. The highest BCUT2D eigenvalue weighted by atomic mass is 16.5. The molecule has 7 nitrogen and oxygen atoms in total. The molecule has 23 heavy (non-hydrogen) atoms. The standard InChI is InChI=1S/C16H28N4O3/c1-12(2)9-13(3)22-7-5-15(21)20-6-8-23-14(10-20)16-18-17-11-19(16)4/h11-14H,5-10H2,1-4H3/t13-,14-/m1/s1. The third kappa shape index (κ3) is 5.28. The maximum absolute atomic E-state index is 12.3. The molecule has 2 atom stereocenters. The van der Waals surface area contributed by atoms with E-state index in [4.69, 9.17) is 9.47 Å². The third-order valence-electron chi connectivity index (χ3n) is 3.98. The van der Waals surface area contributed by atoms with Gasteiger partial charge in [-0.15, -0.1) is 10.2 Å². The summed E-state index contributed by atoms with van der Waals surface area (Å²) >= 11 is 0. The second-order valence-corrected chi connectivity index (χ2v) is 6.56. The quantitative estimate of drug-likeness (QED) is 0.761. The molecule has 7 heteroatoms. The molecule has 1 saturated heterocycles. The van der Waals surface area contributed by atoms with Gasteiger partial charge in [0.05, 0.1) is 32.3 Å². The minimum Gasteiger partial charge on any atom is -0.378 e. The van der Waals surface area contributed by atoms with E-state index in [-0.39, 0.29) is 18.1 Å². The van der Waals surface area contributed by atoms with Gasteiger partial charge in [0.15, 0.2) is 5.82 Å². The number of ether oxygens (including phenoxy) is 2. The molecule has 0 aliphatic carbocycles. The lowest BCUT2D eigenvalue weighted by Gasteiger charge is -2.32. The molecule has 0 unspecified atom stereocenters. The van der Waals surface area contributed by atoms with Crippen molar-refractivity contribution in [3.05, 3.63) is 12.2 Å². The lowest BCUT2D eigenvalue weighted by atomic mass is 10.1. The van der Waals surface area contributed by atoms with Crippen LogP contribution in [0.2, 0.25) is 0 Å². The number of hydrogen-bond donors (Lipinski definition) is 0. The van der Waals surface area contributed by atoms with Crippen molar-refractivity contribution in [1.82, 2.24) is 19.7 Å². The largest absolute Gasteiger partial charge is 0.378 e. The summed E-state index contributed by atoms with van der Waals surface area (Å²) < 4.78 is 13.3. The van der Waals surface area contributed by atoms with Crippen LogP contribution in [0.25, 0.3) is 0 Å². The summed E-state index contributed by atoms with van der Waals surface area (Å²) in [5, 5.41) is 7.94. The van der Waals surface area contributed by atoms with E-state index >= 15 is 0 Å². The molecule has 0 saturated carbocycles. The Bertz CT molecular complexity index is 503. The maximum atomic E-state index is 12.3. The van der Waals surface area contributed by atoms with E-state index in [2.05, 4.69) is 31.0 Å². The highest BCUT2D eigenvalue weighted by molar-refractivity contribution is 5.76. The molecule has 1 aromatic rings. The molecule has 0 spiro atoms. The van der Waals surface area contributed by atoms with Crippen LogP contribution in [0.4, 0.5) is 0 Å². The second kappa shape index (κ2) is 8.40. The lowest BCUT2D eigenvalue weighted by Crippen LogP contribution is -2.43. The predicted molar refractivity (Wildman–Crippen MR) is 85.8 cm³/mol. The summed E-state index contributed by atoms with van der Waals surface area (Å²) in [7, 11) is 1.88. The molecule has 0 radical (unpaired) electrons. The third-order valence-corrected chi connectivity index (χ3v) is 3.98. The Labute approximate surface area is 138 Å². The van der Waals surface area contributed by atoms with Gasteiger partial charge in [-0.05, 0) is 19.3 Å². The SMILES string of the molecule is CC(C)C[C@@H](C)OCCC(=O)N1CCO[C@@H](c2nncn2C)C1. The van der Waals surface area contributed by atoms with Crippen LogP contribution >= 0.6 is 0 Å². The molecule has 0 N–H and O–H groups in total. The lowest BCUT2D eigenvalue weighted by molar-refractivity contribution is -0.141. The summed E-state index contributed by atoms with van der Waals surface area (Å²) in [5.41, 5.74) is 0. The summed E-state index contributed by atoms with van der Waals surface area (Å²) in [6.45, 7) is 8.54. The van der Waals surface area contributed by atoms with Gasteiger partial charge >= 0.3 is 0 Å². The molecule has 1 amide bonds. The summed E-state index contributed by atoms with van der Waals surface area (Å²) in [6.07, 6.45) is 3.05. The molecule has 1 aliphatic heterocycles. The Kier molecular flexibility index (Phi) is 6.53. The number of aryl methyl sites for hydroxylation is 1. The van der Waals surface area contributed by atoms with E-state index in [1.54, 1.807) is 6.33 Å². The first-order chi connectivity index (χ1) is 11.0. The zero-order chi connectivity index (χ0) is 16.8. The fourth-order valence-electron chi connectivity index (χ4n) is 2.85. The van der Waals surface area contributed by atoms with Crippen molar-refractivity contribution in [1.29, 1.82) is 0 Å². The van der Waals surface area contributed by atoms with E-state index < -0.39 is 0 Å². The predicted octanol–water partition coefficient (Wildman–Crippen LogP) is 1.56. The van der Waals surface area contributed by atoms with Gasteiger partial charge < -0.3 is 18.9 Å². The first-order valence-electron chi connectivity index (χ1n) is 8.32. The Morgan fingerprint density at radius 3 is 2.91 bits per heavy atom. The molecule has 130 valence electrons. The van der Waals surface area contributed by atoms with Crippen LogP contribution in [0.5, 0.6) is 0 Å². The van der Waals surface area contributed by atoms with Crippen molar-refractivity contribution < 1.29 is 14.3 Å². The van der Waals surface area contributed by atoms with Gasteiger partial charge in [-0.25, -0.2) is 0 Å². The zero-order valence-corrected chi connectivity index (χ0v) is 14.6. The number of aromatic nitrogens is 3. The van der Waals surface area contributed by atoms with Gasteiger partial charge in [0, 0.05) is 13.6 Å². The van der Waals surface area contributed by atoms with E-state index in [0.29, 0.717) is 38.6 Å². The van der Waals surface area contributed by atoms with Crippen LogP contribution in [0.3, 0.4) is 0 Å². The molecular weight excluding hydrogens is 296 g/mol. The number of morpholine rings is 1. The summed E-state index contributed by atoms with van der Waals surface area (Å²) in [6, 6.07) is 0. The van der Waals surface area contributed by atoms with Crippen LogP contribution in [-0.4, -0.2) is 58.0 Å². The molecular formula is C16H28N4O3. The number of hydrogen-bond acceptors (Lipinski definition) is 5. The molecule has 2 rings (SSSR count). The van der Waals surface area contributed by atoms with Gasteiger partial charge in [-0.3, -0.25) is 4.79 Å². The molecule has 1 fully saturated rings. The van der Waals surface area contributed by atoms with Gasteiger partial charge in [0.2, 0.25) is 5.91 Å². The fourth-order valence-corrected chi connectivity index (χ4v) is 2.85. The summed E-state index contributed by atoms with van der Waals surface area (Å²) in [5.74, 6) is 1.47. The van der Waals surface area contributed by atoms with Crippen molar-refractivity contribution in [3.63, 3.8) is 0 Å². The monoisotopic (exact) mass is 324 g/mol. The average Bonchev–Trinajstić information content (AvgIpc) is 2.92. The Morgan fingerprint density at radius 2 is 2.26 bits per heavy atom. The van der Waals surface area contributed by atoms with Crippen molar-refractivity contribution in [2.45, 2.75) is 45.8 Å². The van der Waals surface area contributed by atoms with Crippen LogP contribution in [0, 0.1) is 5.92 Å². The zero-order valence-electron chi connectivity index (χ0n) is 14.6. The van der Waals surface area contributed by atoms with Crippen LogP contribution in [0.15, 0.2) is 6.33 Å². The van der Waals surface area contributed by atoms with Crippen molar-refractivity contribution in [3.8, 4) is 0 Å². The van der Waals surface area contributed by atoms with Crippen LogP contribution < -0.4 is 0 Å². The number of rotatable bonds is 7. The number of nitrogens with zero attached hydrogens (tertiary/aromatic N) is 4. The Morgan fingerprint density at radius 1 is 1.48 bits per heavy atom. The molecule has 1 aromatic heterocycles. The molecule has 0 aromatic carbocycles. The van der Waals surface area contributed by atoms with Crippen LogP contribution in [0.1, 0.15) is 45.5 Å². The number of carbonyl (C=O) groups is 1. The van der Waals surface area contributed by atoms with Gasteiger partial charge in [-0.2, -0.15) is 0 Å². The topological polar surface area (TPSA) is 69.5 Å². The van der Waals surface area contributed by atoms with E-state index in [1.807, 2.05) is 16.5 Å². The van der Waals surface area contributed by atoms with Crippen molar-refractivity contribution in [2.75, 3.05) is 26.3 Å². The van der Waals surface area contributed by atoms with Gasteiger partial charge in [0.25, 0.3) is 0 Å². The average molecular weight is 324 g/mol. The normalized spacial score (nSPS) is 20.0. The highest BCUT2D eigenvalue weighted by Gasteiger charge is 2.28. The highest BCUT2D eigenvalue weighted by Crippen LogP contribution is 2.20. The first-order valence-corrected chi connectivity index (χ1v) is 8.32. The smallest absolute Gasteiger partial charge is 0.225 e. The van der Waals surface area contributed by atoms with Crippen molar-refractivity contribution >= 4 is 5.91 Å². The Hall–Kier alpha value is -1.47. The van der Waals surface area contributed by atoms with E-state index in [1.165, 1.54) is 0 Å². The molecule has 1 aliphatic rings. The maximum Gasteiger partial charge on any atom is 0.225 e. The minimum absolute atomic E-state index is 0.109. The second-order valence-electron chi connectivity index (χ2n) is 6.56. The Balaban J connectivity index is 1.77. The van der Waals surface area contributed by atoms with Crippen molar-refractivity contribution in [2.24, 2.45) is 13.0 Å². The van der Waals surface area contributed by atoms with Gasteiger partial charge in [-0.1, -0.05) is 13.8 Å². The molecule has 0 bridgehead atoms. The fraction of sp³-hybridized carbons (Fsp3) is 0.812. The first kappa shape index (κ1) is 17.9. The van der Waals surface area contributed by atoms with Gasteiger partial charge in [0.1, 0.15) is 12.4 Å². The minimum atomic E-state index is -0.207. The van der Waals surface area contributed by atoms with E-state index in [0.717, 1.165) is 12.2 Å².